The molecule has 0 radical (unpaired) electrons. The molecule has 0 spiro atoms. The van der Waals surface area contributed by atoms with Crippen molar-refractivity contribution in [3.8, 4) is 0 Å². The first-order valence-corrected chi connectivity index (χ1v) is 13.2. The summed E-state index contributed by atoms with van der Waals surface area (Å²) >= 11 is 6.40. The van der Waals surface area contributed by atoms with Crippen LogP contribution in [0.2, 0.25) is 5.02 Å². The largest absolute Gasteiger partial charge is 0.430 e. The maximum absolute atomic E-state index is 13.9. The van der Waals surface area contributed by atoms with Crippen LogP contribution in [0.5, 0.6) is 0 Å². The van der Waals surface area contributed by atoms with E-state index in [1.807, 2.05) is 12.1 Å². The Bertz CT molecular complexity index is 1150. The van der Waals surface area contributed by atoms with Gasteiger partial charge in [0.2, 0.25) is 0 Å². The van der Waals surface area contributed by atoms with E-state index in [1.54, 1.807) is 20.2 Å². The number of aliphatic hydroxyl groups is 1. The SMILES string of the molecule is CN(C)C(=O)c1ccc(C2CCN(C3CCN(C(=O)[C@](O)(c4ccccc4)C(F)(F)F)CC3)CC2)cc1Cl. The minimum Gasteiger partial charge on any atom is -0.369 e. The second-order valence-corrected chi connectivity index (χ2v) is 10.8. The monoisotopic (exact) mass is 551 g/mol. The molecule has 0 aromatic heterocycles. The topological polar surface area (TPSA) is 64.1 Å². The molecule has 2 aliphatic rings. The Morgan fingerprint density at radius 2 is 1.55 bits per heavy atom. The van der Waals surface area contributed by atoms with Crippen molar-refractivity contribution in [1.29, 1.82) is 0 Å². The maximum Gasteiger partial charge on any atom is 0.430 e. The van der Waals surface area contributed by atoms with Gasteiger partial charge in [-0.25, -0.2) is 0 Å². The summed E-state index contributed by atoms with van der Waals surface area (Å²) in [6.07, 6.45) is -2.24. The van der Waals surface area contributed by atoms with Gasteiger partial charge in [0.05, 0.1) is 10.6 Å². The number of hydrogen-bond donors (Lipinski definition) is 1. The number of benzene rings is 2. The minimum atomic E-state index is -5.13. The van der Waals surface area contributed by atoms with E-state index in [-0.39, 0.29) is 25.0 Å². The molecule has 2 amide bonds. The molecule has 0 bridgehead atoms. The standard InChI is InChI=1S/C28H33ClF3N3O3/c1-33(2)25(36)23-9-8-20(18-24(23)29)19-10-14-34(15-11-19)22-12-16-35(17-13-22)26(37)27(38,28(30,31)32)21-6-4-3-5-7-21/h3-9,18-19,22,38H,10-17H2,1-2H3/t27-/m1/s1. The van der Waals surface area contributed by atoms with Crippen LogP contribution in [-0.4, -0.2) is 84.1 Å². The van der Waals surface area contributed by atoms with E-state index in [1.165, 1.54) is 23.1 Å². The Morgan fingerprint density at radius 1 is 0.947 bits per heavy atom. The van der Waals surface area contributed by atoms with Gasteiger partial charge < -0.3 is 19.8 Å². The summed E-state index contributed by atoms with van der Waals surface area (Å²) < 4.78 is 41.8. The number of piperidine rings is 2. The summed E-state index contributed by atoms with van der Waals surface area (Å²) in [5, 5.41) is 11.1. The van der Waals surface area contributed by atoms with E-state index in [0.29, 0.717) is 29.3 Å². The first-order chi connectivity index (χ1) is 17.9. The Hall–Kier alpha value is -2.62. The second-order valence-electron chi connectivity index (χ2n) is 10.3. The molecule has 0 saturated carbocycles. The number of carbonyl (C=O) groups excluding carboxylic acids is 2. The Morgan fingerprint density at radius 3 is 2.08 bits per heavy atom. The van der Waals surface area contributed by atoms with Crippen molar-refractivity contribution in [3.05, 3.63) is 70.2 Å². The van der Waals surface area contributed by atoms with Gasteiger partial charge >= 0.3 is 6.18 Å². The van der Waals surface area contributed by atoms with Crippen molar-refractivity contribution in [1.82, 2.24) is 14.7 Å². The van der Waals surface area contributed by atoms with Crippen molar-refractivity contribution in [2.75, 3.05) is 40.3 Å². The zero-order valence-electron chi connectivity index (χ0n) is 21.5. The number of nitrogens with zero attached hydrogens (tertiary/aromatic N) is 3. The summed E-state index contributed by atoms with van der Waals surface area (Å²) in [6, 6.07) is 12.3. The number of likely N-dealkylation sites (tertiary alicyclic amines) is 2. The first-order valence-electron chi connectivity index (χ1n) is 12.8. The van der Waals surface area contributed by atoms with Crippen LogP contribution in [-0.2, 0) is 10.4 Å². The molecule has 6 nitrogen and oxygen atoms in total. The number of hydrogen-bond acceptors (Lipinski definition) is 4. The van der Waals surface area contributed by atoms with Crippen LogP contribution in [0.25, 0.3) is 0 Å². The molecule has 38 heavy (non-hydrogen) atoms. The third-order valence-electron chi connectivity index (χ3n) is 7.81. The van der Waals surface area contributed by atoms with Gasteiger partial charge in [0.1, 0.15) is 0 Å². The molecule has 0 aliphatic carbocycles. The fourth-order valence-electron chi connectivity index (χ4n) is 5.55. The normalized spacial score (nSPS) is 19.7. The molecule has 1 atom stereocenters. The van der Waals surface area contributed by atoms with Gasteiger partial charge in [-0.05, 0) is 62.4 Å². The third kappa shape index (κ3) is 5.55. The number of halogens is 4. The van der Waals surface area contributed by atoms with Crippen LogP contribution in [0.1, 0.15) is 53.1 Å². The van der Waals surface area contributed by atoms with Crippen molar-refractivity contribution < 1.29 is 27.9 Å². The van der Waals surface area contributed by atoms with E-state index in [0.717, 1.165) is 48.5 Å². The van der Waals surface area contributed by atoms with Crippen LogP contribution in [0.4, 0.5) is 13.2 Å². The van der Waals surface area contributed by atoms with Crippen molar-refractivity contribution in [3.63, 3.8) is 0 Å². The number of carbonyl (C=O) groups is 2. The number of amides is 2. The molecule has 2 fully saturated rings. The smallest absolute Gasteiger partial charge is 0.369 e. The molecule has 4 rings (SSSR count). The highest BCUT2D eigenvalue weighted by Gasteiger charge is 2.62. The van der Waals surface area contributed by atoms with E-state index in [2.05, 4.69) is 4.90 Å². The summed E-state index contributed by atoms with van der Waals surface area (Å²) in [7, 11) is 3.37. The molecule has 0 unspecified atom stereocenters. The highest BCUT2D eigenvalue weighted by atomic mass is 35.5. The predicted molar refractivity (Wildman–Crippen MR) is 139 cm³/mol. The molecule has 2 heterocycles. The molecule has 2 aromatic carbocycles. The number of rotatable bonds is 5. The zero-order valence-corrected chi connectivity index (χ0v) is 22.3. The third-order valence-corrected chi connectivity index (χ3v) is 8.12. The summed E-state index contributed by atoms with van der Waals surface area (Å²) in [4.78, 5) is 30.2. The first kappa shape index (κ1) is 28.4. The lowest BCUT2D eigenvalue weighted by atomic mass is 9.87. The average molecular weight is 552 g/mol. The lowest BCUT2D eigenvalue weighted by Gasteiger charge is -2.43. The fraction of sp³-hybridized carbons (Fsp3) is 0.500. The quantitative estimate of drug-likeness (QED) is 0.587. The molecule has 2 aliphatic heterocycles. The number of alkyl halides is 3. The van der Waals surface area contributed by atoms with Crippen molar-refractivity contribution in [2.24, 2.45) is 0 Å². The maximum atomic E-state index is 13.9. The van der Waals surface area contributed by atoms with Crippen LogP contribution >= 0.6 is 11.6 Å². The van der Waals surface area contributed by atoms with Gasteiger partial charge in [0.15, 0.2) is 0 Å². The van der Waals surface area contributed by atoms with Crippen molar-refractivity contribution in [2.45, 2.75) is 49.4 Å². The zero-order chi connectivity index (χ0) is 27.7. The van der Waals surface area contributed by atoms with Crippen LogP contribution in [0, 0.1) is 0 Å². The van der Waals surface area contributed by atoms with Crippen LogP contribution in [0.3, 0.4) is 0 Å². The lowest BCUT2D eigenvalue weighted by Crippen LogP contribution is -2.58. The van der Waals surface area contributed by atoms with E-state index in [4.69, 9.17) is 11.6 Å². The Kier molecular flexibility index (Phi) is 8.40. The van der Waals surface area contributed by atoms with Gasteiger partial charge in [0.25, 0.3) is 17.4 Å². The van der Waals surface area contributed by atoms with Gasteiger partial charge in [-0.2, -0.15) is 13.2 Å². The van der Waals surface area contributed by atoms with E-state index < -0.39 is 23.2 Å². The second kappa shape index (κ2) is 11.2. The summed E-state index contributed by atoms with van der Waals surface area (Å²) in [5.41, 5.74) is -2.46. The van der Waals surface area contributed by atoms with Crippen LogP contribution < -0.4 is 0 Å². The summed E-state index contributed by atoms with van der Waals surface area (Å²) in [5.74, 6) is -1.15. The minimum absolute atomic E-state index is 0.140. The molecule has 206 valence electrons. The molecular weight excluding hydrogens is 519 g/mol. The lowest BCUT2D eigenvalue weighted by molar-refractivity contribution is -0.262. The Balaban J connectivity index is 1.34. The van der Waals surface area contributed by atoms with E-state index in [9.17, 15) is 27.9 Å². The van der Waals surface area contributed by atoms with Crippen LogP contribution in [0.15, 0.2) is 48.5 Å². The Labute approximate surface area is 226 Å². The summed E-state index contributed by atoms with van der Waals surface area (Å²) in [6.45, 7) is 1.98. The van der Waals surface area contributed by atoms with Gasteiger partial charge in [0, 0.05) is 38.8 Å². The van der Waals surface area contributed by atoms with Gasteiger partial charge in [-0.1, -0.05) is 48.0 Å². The van der Waals surface area contributed by atoms with Gasteiger partial charge in [-0.15, -0.1) is 0 Å². The van der Waals surface area contributed by atoms with E-state index >= 15 is 0 Å². The fourth-order valence-corrected chi connectivity index (χ4v) is 5.82. The molecule has 2 saturated heterocycles. The average Bonchev–Trinajstić information content (AvgIpc) is 2.91. The molecule has 1 N–H and O–H groups in total. The molecule has 2 aromatic rings. The molecule has 10 heteroatoms. The highest BCUT2D eigenvalue weighted by Crippen LogP contribution is 2.41. The predicted octanol–water partition coefficient (Wildman–Crippen LogP) is 4.66. The van der Waals surface area contributed by atoms with Gasteiger partial charge in [-0.3, -0.25) is 9.59 Å². The van der Waals surface area contributed by atoms with Crippen molar-refractivity contribution >= 4 is 23.4 Å². The molecular formula is C28H33ClF3N3O3. The highest BCUT2D eigenvalue weighted by molar-refractivity contribution is 6.33.